The molecule has 0 fully saturated rings. The van der Waals surface area contributed by atoms with E-state index in [4.69, 9.17) is 14.9 Å². The Morgan fingerprint density at radius 2 is 1.84 bits per heavy atom. The lowest BCUT2D eigenvalue weighted by molar-refractivity contribution is -0.141. The minimum absolute atomic E-state index is 0.0814. The predicted octanol–water partition coefficient (Wildman–Crippen LogP) is 0.926. The number of rotatable bonds is 8. The molecule has 0 bridgehead atoms. The van der Waals surface area contributed by atoms with Crippen LogP contribution < -0.4 is 0 Å². The third-order valence-electron chi connectivity index (χ3n) is 1.50. The molecule has 1 unspecified atom stereocenters. The van der Waals surface area contributed by atoms with Crippen molar-refractivity contribution in [1.82, 2.24) is 0 Å². The molecule has 19 heavy (non-hydrogen) atoms. The van der Waals surface area contributed by atoms with Crippen LogP contribution in [0.1, 0.15) is 6.92 Å². The smallest absolute Gasteiger partial charge is 0.330 e. The molecule has 108 valence electrons. The number of aliphatic hydroxyl groups is 1. The van der Waals surface area contributed by atoms with Gasteiger partial charge in [0.05, 0.1) is 13.2 Å². The van der Waals surface area contributed by atoms with Gasteiger partial charge in [0.1, 0.15) is 12.7 Å². The predicted molar refractivity (Wildman–Crippen MR) is 70.6 cm³/mol. The molecule has 0 aliphatic carbocycles. The number of carboxylic acid groups (broad SMARTS) is 1. The highest BCUT2D eigenvalue weighted by atomic mass is 16.5. The van der Waals surface area contributed by atoms with Gasteiger partial charge in [-0.25, -0.2) is 9.59 Å². The number of aliphatic hydroxyl groups excluding tert-OH is 1. The zero-order valence-electron chi connectivity index (χ0n) is 11.0. The summed E-state index contributed by atoms with van der Waals surface area (Å²) in [7, 11) is 0. The van der Waals surface area contributed by atoms with Crippen LogP contribution in [0.4, 0.5) is 0 Å². The number of hydrogen-bond donors (Lipinski definition) is 2. The molecule has 0 rings (SSSR count). The molecule has 0 saturated carbocycles. The van der Waals surface area contributed by atoms with Crippen LogP contribution in [0.25, 0.3) is 0 Å². The molecule has 0 heterocycles. The lowest BCUT2D eigenvalue weighted by atomic mass is 10.4. The molecular formula is C13H20O6. The highest BCUT2D eigenvalue weighted by molar-refractivity contribution is 5.84. The molecule has 0 aromatic carbocycles. The topological polar surface area (TPSA) is 93.1 Å². The van der Waals surface area contributed by atoms with Crippen molar-refractivity contribution >= 4 is 11.9 Å². The van der Waals surface area contributed by atoms with Gasteiger partial charge in [-0.1, -0.05) is 19.2 Å². The Labute approximate surface area is 112 Å². The molecule has 1 atom stereocenters. The molecule has 2 N–H and O–H groups in total. The first-order chi connectivity index (χ1) is 8.84. The minimum Gasteiger partial charge on any atom is -0.478 e. The maximum Gasteiger partial charge on any atom is 0.330 e. The van der Waals surface area contributed by atoms with Crippen LogP contribution in [0, 0.1) is 0 Å². The third-order valence-corrected chi connectivity index (χ3v) is 1.50. The van der Waals surface area contributed by atoms with Crippen LogP contribution in [0.2, 0.25) is 0 Å². The van der Waals surface area contributed by atoms with Crippen LogP contribution in [0.15, 0.2) is 37.5 Å². The van der Waals surface area contributed by atoms with Gasteiger partial charge in [0.2, 0.25) is 0 Å². The number of carboxylic acids is 1. The van der Waals surface area contributed by atoms with Crippen molar-refractivity contribution in [2.24, 2.45) is 0 Å². The molecule has 0 saturated heterocycles. The second-order valence-electron chi connectivity index (χ2n) is 3.40. The first-order valence-electron chi connectivity index (χ1n) is 5.39. The monoisotopic (exact) mass is 272 g/mol. The van der Waals surface area contributed by atoms with Gasteiger partial charge in [-0.3, -0.25) is 0 Å². The molecule has 0 aliphatic rings. The first-order valence-corrected chi connectivity index (χ1v) is 5.39. The van der Waals surface area contributed by atoms with Gasteiger partial charge >= 0.3 is 11.9 Å². The summed E-state index contributed by atoms with van der Waals surface area (Å²) in [6.45, 7) is 11.7. The quantitative estimate of drug-likeness (QED) is 0.295. The number of ether oxygens (including phenoxy) is 2. The van der Waals surface area contributed by atoms with E-state index in [1.54, 1.807) is 6.08 Å². The number of hydrogen-bond acceptors (Lipinski definition) is 5. The Morgan fingerprint density at radius 3 is 2.21 bits per heavy atom. The molecule has 0 radical (unpaired) electrons. The second-order valence-corrected chi connectivity index (χ2v) is 3.40. The van der Waals surface area contributed by atoms with Crippen molar-refractivity contribution in [2.75, 3.05) is 19.8 Å². The maximum absolute atomic E-state index is 10.5. The fraction of sp³-hybridized carbons (Fsp3) is 0.385. The summed E-state index contributed by atoms with van der Waals surface area (Å²) in [4.78, 5) is 20.1. The second kappa shape index (κ2) is 12.5. The van der Waals surface area contributed by atoms with Crippen molar-refractivity contribution in [1.29, 1.82) is 0 Å². The van der Waals surface area contributed by atoms with Crippen LogP contribution in [0.3, 0.4) is 0 Å². The molecule has 0 aromatic rings. The zero-order valence-corrected chi connectivity index (χ0v) is 11.0. The van der Waals surface area contributed by atoms with Crippen molar-refractivity contribution in [3.05, 3.63) is 37.5 Å². The normalized spacial score (nSPS) is 10.4. The fourth-order valence-electron chi connectivity index (χ4n) is 0.573. The molecule has 0 amide bonds. The average molecular weight is 272 g/mol. The Bertz CT molecular complexity index is 309. The lowest BCUT2D eigenvalue weighted by Gasteiger charge is -2.09. The van der Waals surface area contributed by atoms with E-state index in [2.05, 4.69) is 24.5 Å². The fourth-order valence-corrected chi connectivity index (χ4v) is 0.573. The summed E-state index contributed by atoms with van der Waals surface area (Å²) in [5.41, 5.74) is 0.176. The highest BCUT2D eigenvalue weighted by Gasteiger charge is 2.05. The SMILES string of the molecule is C=C(C)C(=O)O.C=CCOCC(O)COC(=O)C=C. The van der Waals surface area contributed by atoms with E-state index in [1.165, 1.54) is 6.92 Å². The lowest BCUT2D eigenvalue weighted by Crippen LogP contribution is -2.23. The Morgan fingerprint density at radius 1 is 1.32 bits per heavy atom. The van der Waals surface area contributed by atoms with Crippen LogP contribution in [0.5, 0.6) is 0 Å². The first kappa shape index (κ1) is 19.4. The molecule has 0 aromatic heterocycles. The Balaban J connectivity index is 0. The van der Waals surface area contributed by atoms with Gasteiger partial charge in [0.25, 0.3) is 0 Å². The molecule has 6 heteroatoms. The molecular weight excluding hydrogens is 252 g/mol. The summed E-state index contributed by atoms with van der Waals surface area (Å²) in [5.74, 6) is -1.49. The van der Waals surface area contributed by atoms with Gasteiger partial charge < -0.3 is 19.7 Å². The van der Waals surface area contributed by atoms with Gasteiger partial charge in [-0.05, 0) is 6.92 Å². The van der Waals surface area contributed by atoms with Gasteiger partial charge in [0.15, 0.2) is 0 Å². The van der Waals surface area contributed by atoms with E-state index >= 15 is 0 Å². The zero-order chi connectivity index (χ0) is 15.3. The number of aliphatic carboxylic acids is 1. The maximum atomic E-state index is 10.5. The molecule has 0 spiro atoms. The minimum atomic E-state index is -0.935. The van der Waals surface area contributed by atoms with Crippen LogP contribution in [-0.4, -0.2) is 48.1 Å². The van der Waals surface area contributed by atoms with Crippen LogP contribution in [-0.2, 0) is 19.1 Å². The van der Waals surface area contributed by atoms with Gasteiger partial charge in [-0.2, -0.15) is 0 Å². The van der Waals surface area contributed by atoms with Crippen LogP contribution >= 0.6 is 0 Å². The van der Waals surface area contributed by atoms with E-state index in [1.807, 2.05) is 0 Å². The summed E-state index contributed by atoms with van der Waals surface area (Å²) < 4.78 is 9.50. The highest BCUT2D eigenvalue weighted by Crippen LogP contribution is 1.89. The number of carbonyl (C=O) groups excluding carboxylic acids is 1. The van der Waals surface area contributed by atoms with Crippen molar-refractivity contribution in [3.8, 4) is 0 Å². The number of carbonyl (C=O) groups is 2. The summed E-state index contributed by atoms with van der Waals surface area (Å²) in [5, 5.41) is 17.0. The van der Waals surface area contributed by atoms with Crippen molar-refractivity contribution < 1.29 is 29.3 Å². The number of esters is 1. The third kappa shape index (κ3) is 16.1. The van der Waals surface area contributed by atoms with Crippen molar-refractivity contribution in [2.45, 2.75) is 13.0 Å². The summed E-state index contributed by atoms with van der Waals surface area (Å²) >= 11 is 0. The van der Waals surface area contributed by atoms with Gasteiger partial charge in [-0.15, -0.1) is 6.58 Å². The largest absolute Gasteiger partial charge is 0.478 e. The average Bonchev–Trinajstić information content (AvgIpc) is 2.36. The van der Waals surface area contributed by atoms with Crippen molar-refractivity contribution in [3.63, 3.8) is 0 Å². The molecule has 0 aliphatic heterocycles. The Hall–Kier alpha value is -1.92. The van der Waals surface area contributed by atoms with E-state index in [-0.39, 0.29) is 18.8 Å². The standard InChI is InChI=1S/C9H14O4.C4H6O2/c1-3-5-12-6-8(10)7-13-9(11)4-2;1-3(2)4(5)6/h3-4,8,10H,1-2,5-7H2;1H2,2H3,(H,5,6). The van der Waals surface area contributed by atoms with E-state index in [0.29, 0.717) is 6.61 Å². The summed E-state index contributed by atoms with van der Waals surface area (Å²) in [6, 6.07) is 0. The van der Waals surface area contributed by atoms with Gasteiger partial charge in [0, 0.05) is 11.6 Å². The van der Waals surface area contributed by atoms with E-state index in [9.17, 15) is 9.59 Å². The van der Waals surface area contributed by atoms with E-state index in [0.717, 1.165) is 6.08 Å². The van der Waals surface area contributed by atoms with E-state index < -0.39 is 18.0 Å². The summed E-state index contributed by atoms with van der Waals surface area (Å²) in [6.07, 6.45) is 1.81. The molecule has 6 nitrogen and oxygen atoms in total. The Kier molecular flexibility index (Phi) is 12.8.